The van der Waals surface area contributed by atoms with Gasteiger partial charge in [-0.05, 0) is 49.6 Å². The average Bonchev–Trinajstić information content (AvgIpc) is 2.96. The van der Waals surface area contributed by atoms with E-state index in [0.29, 0.717) is 11.8 Å². The van der Waals surface area contributed by atoms with Gasteiger partial charge < -0.3 is 10.4 Å². The molecule has 0 saturated heterocycles. The minimum Gasteiger partial charge on any atom is -0.508 e. The van der Waals surface area contributed by atoms with Crippen molar-refractivity contribution in [2.45, 2.75) is 25.8 Å². The normalized spacial score (nSPS) is 12.4. The highest BCUT2D eigenvalue weighted by atomic mass is 16.3. The van der Waals surface area contributed by atoms with Crippen molar-refractivity contribution in [2.75, 3.05) is 5.32 Å². The smallest absolute Gasteiger partial charge is 0.115 e. The maximum atomic E-state index is 9.29. The first-order valence-corrected chi connectivity index (χ1v) is 7.19. The molecule has 3 rings (SSSR count). The van der Waals surface area contributed by atoms with E-state index >= 15 is 0 Å². The van der Waals surface area contributed by atoms with E-state index in [2.05, 4.69) is 28.5 Å². The summed E-state index contributed by atoms with van der Waals surface area (Å²) in [6.07, 6.45) is 3.86. The molecule has 0 aliphatic carbocycles. The highest BCUT2D eigenvalue weighted by Gasteiger charge is 2.07. The first-order valence-electron chi connectivity index (χ1n) is 7.19. The number of aromatic hydroxyl groups is 1. The van der Waals surface area contributed by atoms with Gasteiger partial charge in [-0.15, -0.1) is 0 Å². The van der Waals surface area contributed by atoms with Crippen molar-refractivity contribution in [2.24, 2.45) is 0 Å². The van der Waals surface area contributed by atoms with Gasteiger partial charge in [0.05, 0.1) is 11.7 Å². The molecule has 1 atom stereocenters. The molecule has 1 aromatic heterocycles. The molecule has 3 aromatic rings. The molecule has 0 aliphatic heterocycles. The third-order valence-electron chi connectivity index (χ3n) is 3.69. The number of hydrogen-bond acceptors (Lipinski definition) is 3. The molecule has 4 heteroatoms. The molecular formula is C17H19N3O. The molecule has 0 amide bonds. The fraction of sp³-hybridized carbons (Fsp3) is 0.235. The van der Waals surface area contributed by atoms with Crippen LogP contribution in [-0.2, 0) is 6.42 Å². The first kappa shape index (κ1) is 13.5. The minimum absolute atomic E-state index is 0.316. The molecule has 0 radical (unpaired) electrons. The van der Waals surface area contributed by atoms with Crippen LogP contribution in [0.1, 0.15) is 18.9 Å². The molecule has 0 bridgehead atoms. The Hall–Kier alpha value is -2.49. The summed E-state index contributed by atoms with van der Waals surface area (Å²) in [5, 5.41) is 21.0. The summed E-state index contributed by atoms with van der Waals surface area (Å²) in [5.41, 5.74) is 3.40. The highest BCUT2D eigenvalue weighted by molar-refractivity contribution is 5.90. The summed E-state index contributed by atoms with van der Waals surface area (Å²) in [7, 11) is 0. The van der Waals surface area contributed by atoms with Crippen LogP contribution < -0.4 is 5.32 Å². The van der Waals surface area contributed by atoms with Crippen LogP contribution in [0.2, 0.25) is 0 Å². The van der Waals surface area contributed by atoms with E-state index in [0.717, 1.165) is 29.4 Å². The van der Waals surface area contributed by atoms with E-state index in [1.165, 1.54) is 5.56 Å². The Morgan fingerprint density at radius 2 is 2.00 bits per heavy atom. The monoisotopic (exact) mass is 281 g/mol. The fourth-order valence-electron chi connectivity index (χ4n) is 2.48. The van der Waals surface area contributed by atoms with Crippen molar-refractivity contribution in [1.29, 1.82) is 0 Å². The number of nitrogens with zero attached hydrogens (tertiary/aromatic N) is 1. The number of aromatic amines is 1. The van der Waals surface area contributed by atoms with Gasteiger partial charge in [0.2, 0.25) is 0 Å². The van der Waals surface area contributed by atoms with Gasteiger partial charge in [-0.3, -0.25) is 5.10 Å². The number of phenolic OH excluding ortho intramolecular Hbond substituents is 1. The fourth-order valence-corrected chi connectivity index (χ4v) is 2.48. The molecule has 3 N–H and O–H groups in total. The SMILES string of the molecule is CC(CCc1ccc(O)cc1)Nc1cccc2[nH]ncc12. The third kappa shape index (κ3) is 3.16. The van der Waals surface area contributed by atoms with E-state index in [1.54, 1.807) is 12.1 Å². The number of aryl methyl sites for hydroxylation is 1. The van der Waals surface area contributed by atoms with E-state index in [-0.39, 0.29) is 0 Å². The Labute approximate surface area is 123 Å². The van der Waals surface area contributed by atoms with Gasteiger partial charge in [0.15, 0.2) is 0 Å². The predicted molar refractivity (Wildman–Crippen MR) is 85.6 cm³/mol. The van der Waals surface area contributed by atoms with Crippen molar-refractivity contribution in [1.82, 2.24) is 10.2 Å². The van der Waals surface area contributed by atoms with Gasteiger partial charge in [0, 0.05) is 17.1 Å². The topological polar surface area (TPSA) is 60.9 Å². The van der Waals surface area contributed by atoms with E-state index < -0.39 is 0 Å². The zero-order chi connectivity index (χ0) is 14.7. The Morgan fingerprint density at radius 3 is 2.81 bits per heavy atom. The van der Waals surface area contributed by atoms with Crippen molar-refractivity contribution in [3.8, 4) is 5.75 Å². The van der Waals surface area contributed by atoms with Crippen LogP contribution >= 0.6 is 0 Å². The number of anilines is 1. The lowest BCUT2D eigenvalue weighted by Crippen LogP contribution is -2.16. The second kappa shape index (κ2) is 5.87. The molecule has 0 aliphatic rings. The maximum absolute atomic E-state index is 9.29. The lowest BCUT2D eigenvalue weighted by molar-refractivity contribution is 0.475. The van der Waals surface area contributed by atoms with Gasteiger partial charge in [-0.2, -0.15) is 5.10 Å². The zero-order valence-electron chi connectivity index (χ0n) is 12.0. The molecule has 21 heavy (non-hydrogen) atoms. The third-order valence-corrected chi connectivity index (χ3v) is 3.69. The van der Waals surface area contributed by atoms with E-state index in [4.69, 9.17) is 0 Å². The lowest BCUT2D eigenvalue weighted by Gasteiger charge is -2.16. The van der Waals surface area contributed by atoms with Crippen LogP contribution in [0.5, 0.6) is 5.75 Å². The summed E-state index contributed by atoms with van der Waals surface area (Å²) in [5.74, 6) is 0.316. The Bertz CT molecular complexity index is 718. The Morgan fingerprint density at radius 1 is 1.19 bits per heavy atom. The zero-order valence-corrected chi connectivity index (χ0v) is 12.0. The number of fused-ring (bicyclic) bond motifs is 1. The van der Waals surface area contributed by atoms with Gasteiger partial charge in [-0.1, -0.05) is 18.2 Å². The van der Waals surface area contributed by atoms with Crippen LogP contribution in [0.3, 0.4) is 0 Å². The molecule has 0 spiro atoms. The molecular weight excluding hydrogens is 262 g/mol. The van der Waals surface area contributed by atoms with Gasteiger partial charge in [0.1, 0.15) is 5.75 Å². The van der Waals surface area contributed by atoms with Crippen molar-refractivity contribution in [3.63, 3.8) is 0 Å². The predicted octanol–water partition coefficient (Wildman–Crippen LogP) is 3.70. The molecule has 0 fully saturated rings. The number of benzene rings is 2. The van der Waals surface area contributed by atoms with Crippen LogP contribution in [0.25, 0.3) is 10.9 Å². The quantitative estimate of drug-likeness (QED) is 0.668. The van der Waals surface area contributed by atoms with Crippen molar-refractivity contribution < 1.29 is 5.11 Å². The van der Waals surface area contributed by atoms with Crippen LogP contribution in [0.15, 0.2) is 48.7 Å². The van der Waals surface area contributed by atoms with Crippen LogP contribution in [0, 0.1) is 0 Å². The Kier molecular flexibility index (Phi) is 3.77. The van der Waals surface area contributed by atoms with Gasteiger partial charge in [0.25, 0.3) is 0 Å². The number of rotatable bonds is 5. The average molecular weight is 281 g/mol. The second-order valence-corrected chi connectivity index (χ2v) is 5.39. The summed E-state index contributed by atoms with van der Waals surface area (Å²) < 4.78 is 0. The minimum atomic E-state index is 0.316. The molecule has 108 valence electrons. The van der Waals surface area contributed by atoms with E-state index in [9.17, 15) is 5.11 Å². The molecule has 0 saturated carbocycles. The number of aromatic nitrogens is 2. The number of H-pyrrole nitrogens is 1. The molecule has 4 nitrogen and oxygen atoms in total. The summed E-state index contributed by atoms with van der Waals surface area (Å²) in [4.78, 5) is 0. The lowest BCUT2D eigenvalue weighted by atomic mass is 10.1. The Balaban J connectivity index is 1.62. The molecule has 1 unspecified atom stereocenters. The summed E-state index contributed by atoms with van der Waals surface area (Å²) in [6.45, 7) is 2.18. The van der Waals surface area contributed by atoms with Crippen LogP contribution in [0.4, 0.5) is 5.69 Å². The number of nitrogens with one attached hydrogen (secondary N) is 2. The van der Waals surface area contributed by atoms with Gasteiger partial charge in [-0.25, -0.2) is 0 Å². The number of phenols is 1. The number of hydrogen-bond donors (Lipinski definition) is 3. The van der Waals surface area contributed by atoms with Crippen molar-refractivity contribution >= 4 is 16.6 Å². The largest absolute Gasteiger partial charge is 0.508 e. The summed E-state index contributed by atoms with van der Waals surface area (Å²) in [6, 6.07) is 13.9. The molecule has 2 aromatic carbocycles. The van der Waals surface area contributed by atoms with Crippen molar-refractivity contribution in [3.05, 3.63) is 54.2 Å². The highest BCUT2D eigenvalue weighted by Crippen LogP contribution is 2.22. The standard InChI is InChI=1S/C17H19N3O/c1-12(5-6-13-7-9-14(21)10-8-13)19-16-3-2-4-17-15(16)11-18-20-17/h2-4,7-12,19,21H,5-6H2,1H3,(H,18,20). The van der Waals surface area contributed by atoms with Crippen LogP contribution in [-0.4, -0.2) is 21.3 Å². The maximum Gasteiger partial charge on any atom is 0.115 e. The molecule has 1 heterocycles. The van der Waals surface area contributed by atoms with E-state index in [1.807, 2.05) is 30.5 Å². The summed E-state index contributed by atoms with van der Waals surface area (Å²) >= 11 is 0. The van der Waals surface area contributed by atoms with Gasteiger partial charge >= 0.3 is 0 Å². The first-order chi connectivity index (χ1) is 10.2. The second-order valence-electron chi connectivity index (χ2n) is 5.39.